The molecule has 2 aliphatic rings. The van der Waals surface area contributed by atoms with Crippen LogP contribution in [-0.2, 0) is 14.3 Å². The van der Waals surface area contributed by atoms with Crippen LogP contribution in [0, 0.1) is 17.8 Å². The monoisotopic (exact) mass is 264 g/mol. The molecule has 0 unspecified atom stereocenters. The molecule has 0 atom stereocenters. The molecule has 0 N–H and O–H groups in total. The van der Waals surface area contributed by atoms with Crippen molar-refractivity contribution in [1.82, 2.24) is 0 Å². The maximum Gasteiger partial charge on any atom is 0.333 e. The fourth-order valence-electron chi connectivity index (χ4n) is 3.67. The minimum atomic E-state index is -0.258. The van der Waals surface area contributed by atoms with Crippen molar-refractivity contribution in [2.24, 2.45) is 17.8 Å². The Morgan fingerprint density at radius 1 is 1.05 bits per heavy atom. The number of hydrogen-bond acceptors (Lipinski definition) is 3. The summed E-state index contributed by atoms with van der Waals surface area (Å²) in [5.74, 6) is 1.95. The fraction of sp³-hybridized carbons (Fsp3) is 0.750. The third kappa shape index (κ3) is 3.46. The molecule has 0 heterocycles. The summed E-state index contributed by atoms with van der Waals surface area (Å²) in [6, 6.07) is 0. The van der Waals surface area contributed by atoms with Crippen LogP contribution in [0.5, 0.6) is 0 Å². The number of rotatable bonds is 3. The zero-order chi connectivity index (χ0) is 13.8. The topological polar surface area (TPSA) is 43.4 Å². The second-order valence-corrected chi connectivity index (χ2v) is 6.00. The number of Topliss-reactive ketones (excluding diaryl/α,β-unsaturated/α-hetero) is 1. The lowest BCUT2D eigenvalue weighted by Crippen LogP contribution is -2.27. The SMILES string of the molecule is C=C(C(=O)OC)C1CCC(C2CCC(=O)CC2)CC1. The number of hydrogen-bond donors (Lipinski definition) is 0. The predicted octanol–water partition coefficient (Wildman–Crippen LogP) is 3.28. The molecule has 2 aliphatic carbocycles. The van der Waals surface area contributed by atoms with Gasteiger partial charge in [0.25, 0.3) is 0 Å². The first-order valence-electron chi connectivity index (χ1n) is 7.40. The lowest BCUT2D eigenvalue weighted by molar-refractivity contribution is -0.137. The van der Waals surface area contributed by atoms with Gasteiger partial charge in [-0.15, -0.1) is 0 Å². The Labute approximate surface area is 115 Å². The number of esters is 1. The van der Waals surface area contributed by atoms with E-state index in [-0.39, 0.29) is 5.97 Å². The Kier molecular flexibility index (Phi) is 4.78. The molecule has 2 rings (SSSR count). The number of ketones is 1. The quantitative estimate of drug-likeness (QED) is 0.580. The minimum Gasteiger partial charge on any atom is -0.466 e. The number of carbonyl (C=O) groups excluding carboxylic acids is 2. The second-order valence-electron chi connectivity index (χ2n) is 6.00. The van der Waals surface area contributed by atoms with E-state index < -0.39 is 0 Å². The van der Waals surface area contributed by atoms with Crippen LogP contribution in [-0.4, -0.2) is 18.9 Å². The molecule has 0 radical (unpaired) electrons. The molecule has 0 amide bonds. The molecule has 19 heavy (non-hydrogen) atoms. The summed E-state index contributed by atoms with van der Waals surface area (Å²) >= 11 is 0. The van der Waals surface area contributed by atoms with E-state index in [1.54, 1.807) is 0 Å². The van der Waals surface area contributed by atoms with Crippen molar-refractivity contribution in [3.8, 4) is 0 Å². The van der Waals surface area contributed by atoms with E-state index in [0.717, 1.165) is 50.4 Å². The van der Waals surface area contributed by atoms with Crippen LogP contribution in [0.25, 0.3) is 0 Å². The first-order valence-corrected chi connectivity index (χ1v) is 7.40. The highest BCUT2D eigenvalue weighted by molar-refractivity contribution is 5.88. The summed E-state index contributed by atoms with van der Waals surface area (Å²) in [6.07, 6.45) is 8.13. The minimum absolute atomic E-state index is 0.258. The zero-order valence-corrected chi connectivity index (χ0v) is 11.8. The Morgan fingerprint density at radius 3 is 2.11 bits per heavy atom. The molecule has 3 nitrogen and oxygen atoms in total. The standard InChI is InChI=1S/C16H24O3/c1-11(16(18)19-2)12-3-5-13(6-4-12)14-7-9-15(17)10-8-14/h12-14H,1,3-10H2,2H3. The van der Waals surface area contributed by atoms with Gasteiger partial charge in [0.2, 0.25) is 0 Å². The molecule has 3 heteroatoms. The van der Waals surface area contributed by atoms with Gasteiger partial charge in [-0.1, -0.05) is 6.58 Å². The van der Waals surface area contributed by atoms with Crippen molar-refractivity contribution in [2.45, 2.75) is 51.4 Å². The second kappa shape index (κ2) is 6.36. The predicted molar refractivity (Wildman–Crippen MR) is 73.6 cm³/mol. The number of methoxy groups -OCH3 is 1. The molecular formula is C16H24O3. The Hall–Kier alpha value is -1.12. The van der Waals surface area contributed by atoms with E-state index in [1.165, 1.54) is 20.0 Å². The molecule has 106 valence electrons. The highest BCUT2D eigenvalue weighted by Gasteiger charge is 2.32. The van der Waals surface area contributed by atoms with Crippen LogP contribution in [0.1, 0.15) is 51.4 Å². The van der Waals surface area contributed by atoms with Gasteiger partial charge < -0.3 is 4.74 Å². The number of carbonyl (C=O) groups is 2. The molecule has 0 aromatic carbocycles. The van der Waals surface area contributed by atoms with Crippen LogP contribution in [0.4, 0.5) is 0 Å². The summed E-state index contributed by atoms with van der Waals surface area (Å²) in [6.45, 7) is 3.88. The normalized spacial score (nSPS) is 29.0. The molecule has 0 saturated heterocycles. The first kappa shape index (κ1) is 14.3. The summed E-state index contributed by atoms with van der Waals surface area (Å²) in [5, 5.41) is 0. The molecular weight excluding hydrogens is 240 g/mol. The lowest BCUT2D eigenvalue weighted by Gasteiger charge is -2.35. The maximum absolute atomic E-state index is 11.5. The third-order valence-corrected chi connectivity index (χ3v) is 4.97. The van der Waals surface area contributed by atoms with Gasteiger partial charge in [0.15, 0.2) is 0 Å². The largest absolute Gasteiger partial charge is 0.466 e. The zero-order valence-electron chi connectivity index (χ0n) is 11.8. The van der Waals surface area contributed by atoms with Crippen molar-refractivity contribution in [1.29, 1.82) is 0 Å². The van der Waals surface area contributed by atoms with E-state index in [2.05, 4.69) is 6.58 Å². The van der Waals surface area contributed by atoms with Gasteiger partial charge in [0, 0.05) is 18.4 Å². The van der Waals surface area contributed by atoms with Crippen molar-refractivity contribution in [2.75, 3.05) is 7.11 Å². The lowest BCUT2D eigenvalue weighted by atomic mass is 9.70. The van der Waals surface area contributed by atoms with Crippen LogP contribution in [0.3, 0.4) is 0 Å². The van der Waals surface area contributed by atoms with Crippen molar-refractivity contribution in [3.63, 3.8) is 0 Å². The Bertz CT molecular complexity index is 354. The van der Waals surface area contributed by atoms with Gasteiger partial charge in [0.1, 0.15) is 5.78 Å². The van der Waals surface area contributed by atoms with Crippen LogP contribution < -0.4 is 0 Å². The van der Waals surface area contributed by atoms with E-state index in [4.69, 9.17) is 4.74 Å². The number of ether oxygens (including phenoxy) is 1. The molecule has 0 aromatic rings. The first-order chi connectivity index (χ1) is 9.11. The van der Waals surface area contributed by atoms with Gasteiger partial charge in [-0.05, 0) is 56.3 Å². The van der Waals surface area contributed by atoms with Crippen molar-refractivity contribution >= 4 is 11.8 Å². The smallest absolute Gasteiger partial charge is 0.333 e. The Morgan fingerprint density at radius 2 is 1.58 bits per heavy atom. The third-order valence-electron chi connectivity index (χ3n) is 4.97. The van der Waals surface area contributed by atoms with E-state index in [9.17, 15) is 9.59 Å². The van der Waals surface area contributed by atoms with Crippen molar-refractivity contribution < 1.29 is 14.3 Å². The van der Waals surface area contributed by atoms with Gasteiger partial charge in [-0.3, -0.25) is 4.79 Å². The van der Waals surface area contributed by atoms with E-state index in [0.29, 0.717) is 17.3 Å². The maximum atomic E-state index is 11.5. The average Bonchev–Trinajstić information content (AvgIpc) is 2.46. The fourth-order valence-corrected chi connectivity index (χ4v) is 3.67. The van der Waals surface area contributed by atoms with Gasteiger partial charge in [-0.2, -0.15) is 0 Å². The van der Waals surface area contributed by atoms with Crippen LogP contribution in [0.15, 0.2) is 12.2 Å². The van der Waals surface area contributed by atoms with Crippen LogP contribution >= 0.6 is 0 Å². The summed E-state index contributed by atoms with van der Waals surface area (Å²) in [7, 11) is 1.41. The van der Waals surface area contributed by atoms with Gasteiger partial charge in [0.05, 0.1) is 7.11 Å². The Balaban J connectivity index is 1.80. The molecule has 0 aliphatic heterocycles. The summed E-state index contributed by atoms with van der Waals surface area (Å²) in [5.41, 5.74) is 0.639. The van der Waals surface area contributed by atoms with Gasteiger partial charge >= 0.3 is 5.97 Å². The average molecular weight is 264 g/mol. The highest BCUT2D eigenvalue weighted by Crippen LogP contribution is 2.41. The molecule has 0 bridgehead atoms. The molecule has 0 aromatic heterocycles. The molecule has 2 fully saturated rings. The highest BCUT2D eigenvalue weighted by atomic mass is 16.5. The molecule has 2 saturated carbocycles. The van der Waals surface area contributed by atoms with E-state index >= 15 is 0 Å². The van der Waals surface area contributed by atoms with Crippen molar-refractivity contribution in [3.05, 3.63) is 12.2 Å². The molecule has 0 spiro atoms. The van der Waals surface area contributed by atoms with E-state index in [1.807, 2.05) is 0 Å². The van der Waals surface area contributed by atoms with Crippen LogP contribution in [0.2, 0.25) is 0 Å². The summed E-state index contributed by atoms with van der Waals surface area (Å²) in [4.78, 5) is 22.7. The summed E-state index contributed by atoms with van der Waals surface area (Å²) < 4.78 is 4.74. The van der Waals surface area contributed by atoms with Gasteiger partial charge in [-0.25, -0.2) is 4.79 Å².